The number of hydrogen-bond donors (Lipinski definition) is 3. The van der Waals surface area contributed by atoms with Crippen LogP contribution in [0.4, 0.5) is 10.1 Å². The van der Waals surface area contributed by atoms with Gasteiger partial charge in [-0.15, -0.1) is 0 Å². The molecule has 1 unspecified atom stereocenters. The molecule has 0 aromatic heterocycles. The molecule has 0 aliphatic rings. The number of hydrogen-bond acceptors (Lipinski definition) is 4. The Kier molecular flexibility index (Phi) is 6.08. The van der Waals surface area contributed by atoms with Gasteiger partial charge in [-0.05, 0) is 31.0 Å². The molecule has 0 aliphatic heterocycles. The number of benzene rings is 1. The van der Waals surface area contributed by atoms with Crippen LogP contribution in [-0.2, 0) is 9.53 Å². The van der Waals surface area contributed by atoms with Crippen LogP contribution in [0, 0.1) is 5.82 Å². The largest absolute Gasteiger partial charge is 0.478 e. The van der Waals surface area contributed by atoms with Crippen LogP contribution >= 0.6 is 0 Å². The normalized spacial score (nSPS) is 11.9. The van der Waals surface area contributed by atoms with Gasteiger partial charge in [0.05, 0.1) is 17.3 Å². The lowest BCUT2D eigenvalue weighted by Gasteiger charge is -2.13. The molecule has 110 valence electrons. The van der Waals surface area contributed by atoms with Crippen LogP contribution < -0.4 is 11.1 Å². The van der Waals surface area contributed by atoms with Gasteiger partial charge >= 0.3 is 5.97 Å². The van der Waals surface area contributed by atoms with Crippen LogP contribution in [0.15, 0.2) is 18.2 Å². The Hall–Kier alpha value is -1.99. The smallest absolute Gasteiger partial charge is 0.335 e. The van der Waals surface area contributed by atoms with Crippen LogP contribution in [0.25, 0.3) is 0 Å². The van der Waals surface area contributed by atoms with E-state index in [1.165, 1.54) is 0 Å². The predicted molar refractivity (Wildman–Crippen MR) is 71.1 cm³/mol. The van der Waals surface area contributed by atoms with Gasteiger partial charge in [0, 0.05) is 13.7 Å². The quantitative estimate of drug-likeness (QED) is 0.653. The third kappa shape index (κ3) is 4.60. The molecule has 1 rings (SSSR count). The van der Waals surface area contributed by atoms with E-state index in [4.69, 9.17) is 15.6 Å². The van der Waals surface area contributed by atoms with Crippen LogP contribution in [0.2, 0.25) is 0 Å². The van der Waals surface area contributed by atoms with Crippen molar-refractivity contribution in [2.45, 2.75) is 18.9 Å². The van der Waals surface area contributed by atoms with E-state index in [9.17, 15) is 14.0 Å². The Morgan fingerprint density at radius 1 is 1.50 bits per heavy atom. The standard InChI is InChI=1S/C13H17FN2O4/c1-20-6-2-3-10(15)12(17)16-11-7-8(13(18)19)4-5-9(11)14/h4-5,7,10H,2-3,6,15H2,1H3,(H,16,17)(H,18,19). The topological polar surface area (TPSA) is 102 Å². The van der Waals surface area contributed by atoms with Gasteiger partial charge in [0.1, 0.15) is 5.82 Å². The highest BCUT2D eigenvalue weighted by atomic mass is 19.1. The molecule has 0 radical (unpaired) electrons. The van der Waals surface area contributed by atoms with Gasteiger partial charge < -0.3 is 20.9 Å². The highest BCUT2D eigenvalue weighted by Crippen LogP contribution is 2.16. The van der Waals surface area contributed by atoms with Gasteiger partial charge in [-0.25, -0.2) is 9.18 Å². The van der Waals surface area contributed by atoms with Crippen molar-refractivity contribution < 1.29 is 23.8 Å². The number of aromatic carboxylic acids is 1. The van der Waals surface area contributed by atoms with Crippen molar-refractivity contribution in [3.05, 3.63) is 29.6 Å². The van der Waals surface area contributed by atoms with Crippen molar-refractivity contribution in [3.63, 3.8) is 0 Å². The first-order valence-corrected chi connectivity index (χ1v) is 6.04. The molecule has 0 saturated heterocycles. The molecule has 0 spiro atoms. The monoisotopic (exact) mass is 284 g/mol. The number of amides is 1. The van der Waals surface area contributed by atoms with E-state index in [-0.39, 0.29) is 11.3 Å². The summed E-state index contributed by atoms with van der Waals surface area (Å²) in [5.74, 6) is -2.49. The van der Waals surface area contributed by atoms with E-state index in [2.05, 4.69) is 5.32 Å². The molecule has 1 atom stereocenters. The first kappa shape index (κ1) is 16.1. The fourth-order valence-corrected chi connectivity index (χ4v) is 1.56. The SMILES string of the molecule is COCCCC(N)C(=O)Nc1cc(C(=O)O)ccc1F. The van der Waals surface area contributed by atoms with Crippen molar-refractivity contribution in [2.24, 2.45) is 5.73 Å². The maximum atomic E-state index is 13.5. The summed E-state index contributed by atoms with van der Waals surface area (Å²) in [6, 6.07) is 2.34. The Bertz CT molecular complexity index is 493. The van der Waals surface area contributed by atoms with E-state index in [1.54, 1.807) is 7.11 Å². The molecule has 6 nitrogen and oxygen atoms in total. The molecule has 0 bridgehead atoms. The predicted octanol–water partition coefficient (Wildman–Crippen LogP) is 1.22. The Labute approximate surface area is 115 Å². The molecule has 7 heteroatoms. The number of carboxylic acids is 1. The zero-order valence-corrected chi connectivity index (χ0v) is 11.1. The van der Waals surface area contributed by atoms with Gasteiger partial charge in [-0.3, -0.25) is 4.79 Å². The number of carboxylic acid groups (broad SMARTS) is 1. The molecule has 0 fully saturated rings. The van der Waals surface area contributed by atoms with E-state index in [0.717, 1.165) is 18.2 Å². The average Bonchev–Trinajstić information content (AvgIpc) is 2.41. The third-order valence-corrected chi connectivity index (χ3v) is 2.67. The molecular weight excluding hydrogens is 267 g/mol. The summed E-state index contributed by atoms with van der Waals surface area (Å²) in [6.45, 7) is 0.476. The zero-order valence-electron chi connectivity index (χ0n) is 11.1. The summed E-state index contributed by atoms with van der Waals surface area (Å²) in [4.78, 5) is 22.5. The van der Waals surface area contributed by atoms with Crippen LogP contribution in [0.3, 0.4) is 0 Å². The maximum absolute atomic E-state index is 13.5. The summed E-state index contributed by atoms with van der Waals surface area (Å²) in [6.07, 6.45) is 0.989. The van der Waals surface area contributed by atoms with Crippen LogP contribution in [0.5, 0.6) is 0 Å². The highest BCUT2D eigenvalue weighted by Gasteiger charge is 2.16. The molecule has 1 aromatic rings. The number of halogens is 1. The van der Waals surface area contributed by atoms with Gasteiger partial charge in [0.2, 0.25) is 5.91 Å². The minimum Gasteiger partial charge on any atom is -0.478 e. The molecular formula is C13H17FN2O4. The lowest BCUT2D eigenvalue weighted by atomic mass is 10.1. The number of nitrogens with two attached hydrogens (primary N) is 1. The number of nitrogens with one attached hydrogen (secondary N) is 1. The lowest BCUT2D eigenvalue weighted by molar-refractivity contribution is -0.117. The Morgan fingerprint density at radius 3 is 2.80 bits per heavy atom. The summed E-state index contributed by atoms with van der Waals surface area (Å²) >= 11 is 0. The molecule has 0 heterocycles. The molecule has 1 amide bonds. The van der Waals surface area contributed by atoms with Crippen molar-refractivity contribution in [1.82, 2.24) is 0 Å². The summed E-state index contributed by atoms with van der Waals surface area (Å²) in [7, 11) is 1.54. The average molecular weight is 284 g/mol. The number of anilines is 1. The molecule has 0 saturated carbocycles. The van der Waals surface area contributed by atoms with Gasteiger partial charge in [0.25, 0.3) is 0 Å². The van der Waals surface area contributed by atoms with Gasteiger partial charge in [-0.2, -0.15) is 0 Å². The van der Waals surface area contributed by atoms with Crippen LogP contribution in [0.1, 0.15) is 23.2 Å². The number of carbonyl (C=O) groups excluding carboxylic acids is 1. The number of carbonyl (C=O) groups is 2. The van der Waals surface area contributed by atoms with E-state index in [0.29, 0.717) is 19.4 Å². The summed E-state index contributed by atoms with van der Waals surface area (Å²) < 4.78 is 18.3. The number of ether oxygens (including phenoxy) is 1. The molecule has 4 N–H and O–H groups in total. The van der Waals surface area contributed by atoms with Crippen molar-refractivity contribution in [1.29, 1.82) is 0 Å². The van der Waals surface area contributed by atoms with E-state index in [1.807, 2.05) is 0 Å². The summed E-state index contributed by atoms with van der Waals surface area (Å²) in [5.41, 5.74) is 5.33. The van der Waals surface area contributed by atoms with Crippen molar-refractivity contribution in [3.8, 4) is 0 Å². The van der Waals surface area contributed by atoms with Crippen LogP contribution in [-0.4, -0.2) is 36.7 Å². The number of rotatable bonds is 7. The fourth-order valence-electron chi connectivity index (χ4n) is 1.56. The minimum atomic E-state index is -1.20. The molecule has 20 heavy (non-hydrogen) atoms. The van der Waals surface area contributed by atoms with E-state index < -0.39 is 23.7 Å². The first-order chi connectivity index (χ1) is 9.45. The second-order valence-electron chi connectivity index (χ2n) is 4.23. The van der Waals surface area contributed by atoms with Gasteiger partial charge in [0.15, 0.2) is 0 Å². The minimum absolute atomic E-state index is 0.116. The number of methoxy groups -OCH3 is 1. The van der Waals surface area contributed by atoms with E-state index >= 15 is 0 Å². The second kappa shape index (κ2) is 7.56. The van der Waals surface area contributed by atoms with Gasteiger partial charge in [-0.1, -0.05) is 0 Å². The maximum Gasteiger partial charge on any atom is 0.335 e. The Balaban J connectivity index is 2.69. The Morgan fingerprint density at radius 2 is 2.20 bits per heavy atom. The van der Waals surface area contributed by atoms with Crippen molar-refractivity contribution >= 4 is 17.6 Å². The third-order valence-electron chi connectivity index (χ3n) is 2.67. The fraction of sp³-hybridized carbons (Fsp3) is 0.385. The molecule has 1 aromatic carbocycles. The zero-order chi connectivity index (χ0) is 15.1. The summed E-state index contributed by atoms with van der Waals surface area (Å²) in [5, 5.41) is 11.1. The van der Waals surface area contributed by atoms with Crippen molar-refractivity contribution in [2.75, 3.05) is 19.0 Å². The highest BCUT2D eigenvalue weighted by molar-refractivity contribution is 5.96. The molecule has 0 aliphatic carbocycles. The lowest BCUT2D eigenvalue weighted by Crippen LogP contribution is -2.36. The first-order valence-electron chi connectivity index (χ1n) is 6.04. The second-order valence-corrected chi connectivity index (χ2v) is 4.23.